The first-order chi connectivity index (χ1) is 8.22. The third kappa shape index (κ3) is 2.83. The van der Waals surface area contributed by atoms with Crippen LogP contribution in [0.1, 0.15) is 60.8 Å². The summed E-state index contributed by atoms with van der Waals surface area (Å²) in [6.07, 6.45) is 7.44. The zero-order valence-corrected chi connectivity index (χ0v) is 11.0. The van der Waals surface area contributed by atoms with E-state index in [2.05, 4.69) is 13.8 Å². The van der Waals surface area contributed by atoms with Crippen LogP contribution in [0.15, 0.2) is 0 Å². The molecule has 0 aromatic carbocycles. The Morgan fingerprint density at radius 1 is 1.06 bits per heavy atom. The van der Waals surface area contributed by atoms with E-state index in [4.69, 9.17) is 15.7 Å². The zero-order valence-electron chi connectivity index (χ0n) is 11.0. The predicted octanol–water partition coefficient (Wildman–Crippen LogP) is 2.64. The molecular weight excluding hydrogens is 210 g/mol. The molecule has 0 saturated heterocycles. The molecule has 94 valence electrons. The van der Waals surface area contributed by atoms with Gasteiger partial charge in [0, 0.05) is 17.3 Å². The van der Waals surface area contributed by atoms with Gasteiger partial charge in [0.05, 0.1) is 0 Å². The summed E-state index contributed by atoms with van der Waals surface area (Å²) >= 11 is 0. The average Bonchev–Trinajstić information content (AvgIpc) is 2.35. The zero-order chi connectivity index (χ0) is 12.3. The van der Waals surface area contributed by atoms with Crippen LogP contribution in [0.2, 0.25) is 0 Å². The van der Waals surface area contributed by atoms with Gasteiger partial charge in [-0.2, -0.15) is 0 Å². The highest BCUT2D eigenvalue weighted by Gasteiger charge is 2.19. The van der Waals surface area contributed by atoms with Gasteiger partial charge in [-0.05, 0) is 45.2 Å². The van der Waals surface area contributed by atoms with Crippen LogP contribution in [0.3, 0.4) is 0 Å². The van der Waals surface area contributed by atoms with Gasteiger partial charge in [-0.25, -0.2) is 9.97 Å². The molecular formula is C14H23N3. The molecule has 0 aliphatic heterocycles. The second-order valence-corrected chi connectivity index (χ2v) is 5.10. The molecule has 1 aliphatic rings. The van der Waals surface area contributed by atoms with E-state index >= 15 is 0 Å². The Labute approximate surface area is 104 Å². The molecule has 17 heavy (non-hydrogen) atoms. The first-order valence-corrected chi connectivity index (χ1v) is 6.76. The van der Waals surface area contributed by atoms with Crippen molar-refractivity contribution in [3.63, 3.8) is 0 Å². The Hall–Kier alpha value is -0.960. The molecule has 0 amide bonds. The molecule has 1 aliphatic carbocycles. The number of nitrogens with zero attached hydrogens (tertiary/aromatic N) is 2. The fourth-order valence-corrected chi connectivity index (χ4v) is 2.81. The lowest BCUT2D eigenvalue weighted by Crippen LogP contribution is -2.14. The molecule has 0 spiro atoms. The molecule has 1 aromatic rings. The summed E-state index contributed by atoms with van der Waals surface area (Å²) in [7, 11) is 0. The molecule has 3 heteroatoms. The van der Waals surface area contributed by atoms with Crippen LogP contribution in [0.5, 0.6) is 0 Å². The van der Waals surface area contributed by atoms with Gasteiger partial charge < -0.3 is 5.73 Å². The normalized spacial score (nSPS) is 17.4. The summed E-state index contributed by atoms with van der Waals surface area (Å²) < 4.78 is 0. The van der Waals surface area contributed by atoms with Gasteiger partial charge in [0.25, 0.3) is 0 Å². The van der Waals surface area contributed by atoms with E-state index in [1.165, 1.54) is 37.7 Å². The van der Waals surface area contributed by atoms with E-state index < -0.39 is 0 Å². The SMILES string of the molecule is Cc1nc(C2CCCCC2)nc(C)c1CCN. The lowest BCUT2D eigenvalue weighted by atomic mass is 9.88. The summed E-state index contributed by atoms with van der Waals surface area (Å²) in [5, 5.41) is 0. The second kappa shape index (κ2) is 5.58. The molecule has 1 saturated carbocycles. The van der Waals surface area contributed by atoms with E-state index in [9.17, 15) is 0 Å². The number of hydrogen-bond donors (Lipinski definition) is 1. The maximum atomic E-state index is 5.62. The Balaban J connectivity index is 2.24. The Morgan fingerprint density at radius 3 is 2.18 bits per heavy atom. The van der Waals surface area contributed by atoms with Crippen molar-refractivity contribution in [3.8, 4) is 0 Å². The van der Waals surface area contributed by atoms with Crippen molar-refractivity contribution in [1.82, 2.24) is 9.97 Å². The molecule has 2 N–H and O–H groups in total. The van der Waals surface area contributed by atoms with Crippen molar-refractivity contribution < 1.29 is 0 Å². The number of nitrogens with two attached hydrogens (primary N) is 1. The number of rotatable bonds is 3. The second-order valence-electron chi connectivity index (χ2n) is 5.10. The quantitative estimate of drug-likeness (QED) is 0.873. The van der Waals surface area contributed by atoms with Gasteiger partial charge in [-0.3, -0.25) is 0 Å². The third-order valence-corrected chi connectivity index (χ3v) is 3.80. The highest BCUT2D eigenvalue weighted by molar-refractivity contribution is 5.25. The monoisotopic (exact) mass is 233 g/mol. The largest absolute Gasteiger partial charge is 0.330 e. The lowest BCUT2D eigenvalue weighted by Gasteiger charge is -2.21. The fraction of sp³-hybridized carbons (Fsp3) is 0.714. The molecule has 1 heterocycles. The van der Waals surface area contributed by atoms with Crippen LogP contribution < -0.4 is 5.73 Å². The predicted molar refractivity (Wildman–Crippen MR) is 70.1 cm³/mol. The molecule has 0 unspecified atom stereocenters. The van der Waals surface area contributed by atoms with Gasteiger partial charge in [0.15, 0.2) is 0 Å². The van der Waals surface area contributed by atoms with Gasteiger partial charge in [0.2, 0.25) is 0 Å². The fourth-order valence-electron chi connectivity index (χ4n) is 2.81. The van der Waals surface area contributed by atoms with E-state index in [0.29, 0.717) is 12.5 Å². The van der Waals surface area contributed by atoms with E-state index in [1.807, 2.05) is 0 Å². The van der Waals surface area contributed by atoms with Gasteiger partial charge >= 0.3 is 0 Å². The first kappa shape index (κ1) is 12.5. The van der Waals surface area contributed by atoms with Crippen LogP contribution in [-0.2, 0) is 6.42 Å². The Morgan fingerprint density at radius 2 is 1.65 bits per heavy atom. The van der Waals surface area contributed by atoms with Crippen molar-refractivity contribution in [2.45, 2.75) is 58.3 Å². The van der Waals surface area contributed by atoms with E-state index in [-0.39, 0.29) is 0 Å². The van der Waals surface area contributed by atoms with Gasteiger partial charge in [-0.15, -0.1) is 0 Å². The summed E-state index contributed by atoms with van der Waals surface area (Å²) in [5.41, 5.74) is 9.12. The summed E-state index contributed by atoms with van der Waals surface area (Å²) in [4.78, 5) is 9.42. The minimum absolute atomic E-state index is 0.591. The standard InChI is InChI=1S/C14H23N3/c1-10-13(8-9-15)11(2)17-14(16-10)12-6-4-3-5-7-12/h12H,3-9,15H2,1-2H3. The molecule has 1 aromatic heterocycles. The molecule has 0 atom stereocenters. The van der Waals surface area contributed by atoms with Crippen LogP contribution >= 0.6 is 0 Å². The first-order valence-electron chi connectivity index (χ1n) is 6.76. The van der Waals surface area contributed by atoms with Crippen LogP contribution in [0, 0.1) is 13.8 Å². The van der Waals surface area contributed by atoms with Crippen LogP contribution in [0.4, 0.5) is 0 Å². The lowest BCUT2D eigenvalue weighted by molar-refractivity contribution is 0.427. The highest BCUT2D eigenvalue weighted by atomic mass is 14.9. The Kier molecular flexibility index (Phi) is 4.11. The minimum atomic E-state index is 0.591. The molecule has 0 bridgehead atoms. The minimum Gasteiger partial charge on any atom is -0.330 e. The maximum absolute atomic E-state index is 5.62. The molecule has 0 radical (unpaired) electrons. The smallest absolute Gasteiger partial charge is 0.131 e. The van der Waals surface area contributed by atoms with Gasteiger partial charge in [0.1, 0.15) is 5.82 Å². The van der Waals surface area contributed by atoms with Crippen molar-refractivity contribution in [1.29, 1.82) is 0 Å². The molecule has 3 nitrogen and oxygen atoms in total. The van der Waals surface area contributed by atoms with Crippen molar-refractivity contribution in [2.75, 3.05) is 6.54 Å². The topological polar surface area (TPSA) is 51.8 Å². The van der Waals surface area contributed by atoms with Crippen LogP contribution in [0.25, 0.3) is 0 Å². The average molecular weight is 233 g/mol. The highest BCUT2D eigenvalue weighted by Crippen LogP contribution is 2.31. The van der Waals surface area contributed by atoms with Crippen molar-refractivity contribution in [3.05, 3.63) is 22.8 Å². The molecule has 2 rings (SSSR count). The third-order valence-electron chi connectivity index (χ3n) is 3.80. The van der Waals surface area contributed by atoms with E-state index in [1.54, 1.807) is 0 Å². The molecule has 1 fully saturated rings. The number of aromatic nitrogens is 2. The number of hydrogen-bond acceptors (Lipinski definition) is 3. The number of aryl methyl sites for hydroxylation is 2. The van der Waals surface area contributed by atoms with Crippen molar-refractivity contribution >= 4 is 0 Å². The van der Waals surface area contributed by atoms with Crippen LogP contribution in [-0.4, -0.2) is 16.5 Å². The van der Waals surface area contributed by atoms with E-state index in [0.717, 1.165) is 23.6 Å². The van der Waals surface area contributed by atoms with Gasteiger partial charge in [-0.1, -0.05) is 19.3 Å². The summed E-state index contributed by atoms with van der Waals surface area (Å²) in [6.45, 7) is 4.85. The Bertz CT molecular complexity index is 358. The van der Waals surface area contributed by atoms with Crippen molar-refractivity contribution in [2.24, 2.45) is 5.73 Å². The summed E-state index contributed by atoms with van der Waals surface area (Å²) in [6, 6.07) is 0. The summed E-state index contributed by atoms with van der Waals surface area (Å²) in [5.74, 6) is 1.66. The maximum Gasteiger partial charge on any atom is 0.131 e.